The first-order chi connectivity index (χ1) is 13.5. The Morgan fingerprint density at radius 3 is 2.86 bits per heavy atom. The number of rotatable bonds is 4. The number of ether oxygens (including phenoxy) is 1. The van der Waals surface area contributed by atoms with Crippen LogP contribution in [-0.2, 0) is 6.54 Å². The smallest absolute Gasteiger partial charge is 0.268 e. The van der Waals surface area contributed by atoms with Gasteiger partial charge in [-0.1, -0.05) is 11.6 Å². The van der Waals surface area contributed by atoms with Crippen molar-refractivity contribution < 1.29 is 9.53 Å². The molecule has 0 bridgehead atoms. The van der Waals surface area contributed by atoms with Gasteiger partial charge in [0.1, 0.15) is 11.4 Å². The summed E-state index contributed by atoms with van der Waals surface area (Å²) in [5.41, 5.74) is 5.02. The van der Waals surface area contributed by atoms with Crippen LogP contribution < -0.4 is 15.4 Å². The molecule has 1 aliphatic rings. The van der Waals surface area contributed by atoms with Gasteiger partial charge in [0.25, 0.3) is 5.91 Å². The summed E-state index contributed by atoms with van der Waals surface area (Å²) in [6.07, 6.45) is 1.69. The van der Waals surface area contributed by atoms with Crippen molar-refractivity contribution in [1.29, 1.82) is 0 Å². The van der Waals surface area contributed by atoms with E-state index in [1.165, 1.54) is 0 Å². The zero-order chi connectivity index (χ0) is 19.8. The first kappa shape index (κ1) is 18.3. The van der Waals surface area contributed by atoms with Crippen molar-refractivity contribution in [2.24, 2.45) is 0 Å². The van der Waals surface area contributed by atoms with Crippen LogP contribution in [0.1, 0.15) is 21.7 Å². The van der Waals surface area contributed by atoms with E-state index in [-0.39, 0.29) is 5.91 Å². The van der Waals surface area contributed by atoms with Gasteiger partial charge in [0.05, 0.1) is 18.5 Å². The van der Waals surface area contributed by atoms with Crippen LogP contribution in [0.4, 0.5) is 11.6 Å². The van der Waals surface area contributed by atoms with Gasteiger partial charge >= 0.3 is 0 Å². The number of fused-ring (bicyclic) bond motifs is 1. The molecule has 0 spiro atoms. The Kier molecular flexibility index (Phi) is 4.68. The van der Waals surface area contributed by atoms with E-state index in [2.05, 4.69) is 25.2 Å². The average molecular weight is 398 g/mol. The molecule has 0 saturated carbocycles. The van der Waals surface area contributed by atoms with Crippen LogP contribution in [0.15, 0.2) is 30.5 Å². The SMILES string of the molecule is COc1ccc(Cl)cc1Nc1nccc(-c2c(C)c3n(c2C)CCNC3=O)n1. The summed E-state index contributed by atoms with van der Waals surface area (Å²) in [5, 5.41) is 6.65. The Bertz CT molecular complexity index is 1080. The van der Waals surface area contributed by atoms with E-state index in [9.17, 15) is 4.79 Å². The molecule has 28 heavy (non-hydrogen) atoms. The number of carbonyl (C=O) groups excluding carboxylic acids is 1. The fourth-order valence-corrected chi connectivity index (χ4v) is 3.84. The summed E-state index contributed by atoms with van der Waals surface area (Å²) < 4.78 is 7.42. The van der Waals surface area contributed by atoms with Crippen molar-refractivity contribution in [3.05, 3.63) is 52.4 Å². The average Bonchev–Trinajstić information content (AvgIpc) is 2.94. The molecule has 4 rings (SSSR count). The van der Waals surface area contributed by atoms with Crippen LogP contribution in [0.2, 0.25) is 5.02 Å². The third kappa shape index (κ3) is 3.07. The highest BCUT2D eigenvalue weighted by Crippen LogP contribution is 2.33. The van der Waals surface area contributed by atoms with E-state index in [0.29, 0.717) is 34.6 Å². The Labute approximate surface area is 167 Å². The van der Waals surface area contributed by atoms with Gasteiger partial charge in [-0.15, -0.1) is 0 Å². The molecule has 2 aromatic heterocycles. The molecule has 2 N–H and O–H groups in total. The number of methoxy groups -OCH3 is 1. The molecule has 7 nitrogen and oxygen atoms in total. The molecule has 1 aromatic carbocycles. The van der Waals surface area contributed by atoms with E-state index >= 15 is 0 Å². The topological polar surface area (TPSA) is 81.1 Å². The quantitative estimate of drug-likeness (QED) is 0.701. The maximum absolute atomic E-state index is 12.3. The number of aromatic nitrogens is 3. The van der Waals surface area contributed by atoms with Gasteiger partial charge in [-0.25, -0.2) is 9.97 Å². The number of nitrogens with one attached hydrogen (secondary N) is 2. The standard InChI is InChI=1S/C20H20ClN5O2/c1-11-17(12(2)26-9-8-22-19(27)18(11)26)14-6-7-23-20(24-14)25-15-10-13(21)4-5-16(15)28-3/h4-7,10H,8-9H2,1-3H3,(H,22,27)(H,23,24,25). The fraction of sp³-hybridized carbons (Fsp3) is 0.250. The number of nitrogens with zero attached hydrogens (tertiary/aromatic N) is 3. The molecule has 0 atom stereocenters. The van der Waals surface area contributed by atoms with E-state index in [0.717, 1.165) is 29.1 Å². The summed E-state index contributed by atoms with van der Waals surface area (Å²) >= 11 is 6.10. The number of benzene rings is 1. The van der Waals surface area contributed by atoms with Crippen LogP contribution in [-0.4, -0.2) is 34.1 Å². The molecule has 144 valence electrons. The van der Waals surface area contributed by atoms with Crippen molar-refractivity contribution >= 4 is 29.1 Å². The van der Waals surface area contributed by atoms with Gasteiger partial charge in [-0.2, -0.15) is 0 Å². The van der Waals surface area contributed by atoms with Crippen molar-refractivity contribution in [3.8, 4) is 17.0 Å². The zero-order valence-corrected chi connectivity index (χ0v) is 16.6. The van der Waals surface area contributed by atoms with Crippen molar-refractivity contribution in [1.82, 2.24) is 19.9 Å². The van der Waals surface area contributed by atoms with Crippen molar-refractivity contribution in [2.75, 3.05) is 19.0 Å². The van der Waals surface area contributed by atoms with E-state index < -0.39 is 0 Å². The van der Waals surface area contributed by atoms with Gasteiger partial charge in [-0.3, -0.25) is 4.79 Å². The van der Waals surface area contributed by atoms with Gasteiger partial charge in [0.15, 0.2) is 0 Å². The monoisotopic (exact) mass is 397 g/mol. The summed E-state index contributed by atoms with van der Waals surface area (Å²) in [4.78, 5) is 21.3. The maximum Gasteiger partial charge on any atom is 0.268 e. The van der Waals surface area contributed by atoms with Gasteiger partial charge in [0.2, 0.25) is 5.95 Å². The highest BCUT2D eigenvalue weighted by Gasteiger charge is 2.26. The third-order valence-electron chi connectivity index (χ3n) is 4.92. The highest BCUT2D eigenvalue weighted by atomic mass is 35.5. The summed E-state index contributed by atoms with van der Waals surface area (Å²) in [5.74, 6) is 1.02. The molecular weight excluding hydrogens is 378 g/mol. The predicted molar refractivity (Wildman–Crippen MR) is 109 cm³/mol. The molecule has 0 aliphatic carbocycles. The van der Waals surface area contributed by atoms with E-state index in [1.807, 2.05) is 19.9 Å². The lowest BCUT2D eigenvalue weighted by atomic mass is 10.1. The third-order valence-corrected chi connectivity index (χ3v) is 5.16. The second kappa shape index (κ2) is 7.16. The van der Waals surface area contributed by atoms with Crippen molar-refractivity contribution in [2.45, 2.75) is 20.4 Å². The maximum atomic E-state index is 12.3. The number of carbonyl (C=O) groups is 1. The van der Waals surface area contributed by atoms with Crippen LogP contribution in [0.3, 0.4) is 0 Å². The van der Waals surface area contributed by atoms with Gasteiger partial charge in [-0.05, 0) is 43.7 Å². The molecule has 3 heterocycles. The molecule has 1 aliphatic heterocycles. The normalized spacial score (nSPS) is 13.1. The molecule has 0 unspecified atom stereocenters. The molecular formula is C20H20ClN5O2. The lowest BCUT2D eigenvalue weighted by molar-refractivity contribution is 0.0926. The summed E-state index contributed by atoms with van der Waals surface area (Å²) in [7, 11) is 1.59. The van der Waals surface area contributed by atoms with Gasteiger partial charge < -0.3 is 19.9 Å². The van der Waals surface area contributed by atoms with Crippen LogP contribution in [0.25, 0.3) is 11.3 Å². The first-order valence-electron chi connectivity index (χ1n) is 8.91. The second-order valence-corrected chi connectivity index (χ2v) is 7.01. The Morgan fingerprint density at radius 2 is 2.11 bits per heavy atom. The zero-order valence-electron chi connectivity index (χ0n) is 15.8. The number of amides is 1. The summed E-state index contributed by atoms with van der Waals surface area (Å²) in [6.45, 7) is 5.35. The minimum Gasteiger partial charge on any atom is -0.495 e. The van der Waals surface area contributed by atoms with Crippen LogP contribution in [0.5, 0.6) is 5.75 Å². The molecule has 3 aromatic rings. The van der Waals surface area contributed by atoms with Crippen LogP contribution >= 0.6 is 11.6 Å². The minimum absolute atomic E-state index is 0.0471. The lowest BCUT2D eigenvalue weighted by Crippen LogP contribution is -2.35. The lowest BCUT2D eigenvalue weighted by Gasteiger charge is -2.17. The first-order valence-corrected chi connectivity index (χ1v) is 9.29. The molecule has 8 heteroatoms. The summed E-state index contributed by atoms with van der Waals surface area (Å²) in [6, 6.07) is 7.14. The van der Waals surface area contributed by atoms with E-state index in [4.69, 9.17) is 16.3 Å². The van der Waals surface area contributed by atoms with Crippen molar-refractivity contribution in [3.63, 3.8) is 0 Å². The minimum atomic E-state index is -0.0471. The van der Waals surface area contributed by atoms with Crippen LogP contribution in [0, 0.1) is 13.8 Å². The number of anilines is 2. The Balaban J connectivity index is 1.75. The molecule has 0 radical (unpaired) electrons. The molecule has 0 fully saturated rings. The second-order valence-electron chi connectivity index (χ2n) is 6.58. The number of hydrogen-bond donors (Lipinski definition) is 2. The molecule has 1 amide bonds. The number of hydrogen-bond acceptors (Lipinski definition) is 5. The fourth-order valence-electron chi connectivity index (χ4n) is 3.67. The molecule has 0 saturated heterocycles. The Hall–Kier alpha value is -3.06. The van der Waals surface area contributed by atoms with E-state index in [1.54, 1.807) is 31.5 Å². The highest BCUT2D eigenvalue weighted by molar-refractivity contribution is 6.31. The number of halogens is 1. The predicted octanol–water partition coefficient (Wildman–Crippen LogP) is 3.71. The largest absolute Gasteiger partial charge is 0.495 e. The Morgan fingerprint density at radius 1 is 1.29 bits per heavy atom. The van der Waals surface area contributed by atoms with Gasteiger partial charge in [0, 0.05) is 35.6 Å².